The Bertz CT molecular complexity index is 810. The summed E-state index contributed by atoms with van der Waals surface area (Å²) in [5, 5.41) is 1.45. The maximum Gasteiger partial charge on any atom is 0.221 e. The van der Waals surface area contributed by atoms with E-state index in [-0.39, 0.29) is 6.07 Å². The molecule has 1 N–H and O–H groups in total. The van der Waals surface area contributed by atoms with Gasteiger partial charge < -0.3 is 5.32 Å². The van der Waals surface area contributed by atoms with Crippen molar-refractivity contribution in [1.82, 2.24) is 0 Å². The topological polar surface area (TPSA) is 29.1 Å². The van der Waals surface area contributed by atoms with E-state index in [1.807, 2.05) is 0 Å². The fraction of sp³-hybridized carbons (Fsp3) is 0.0714. The van der Waals surface area contributed by atoms with Crippen LogP contribution in [0.1, 0.15) is 6.92 Å². The van der Waals surface area contributed by atoms with E-state index in [1.165, 1.54) is 5.32 Å². The third-order valence-corrected chi connectivity index (χ3v) is 2.93. The minimum atomic E-state index is -2.35. The molecular weight excluding hydrogens is 350 g/mol. The van der Waals surface area contributed by atoms with E-state index >= 15 is 0 Å². The molecule has 0 fully saturated rings. The highest BCUT2D eigenvalue weighted by molar-refractivity contribution is 5.89. The number of anilines is 1. The van der Waals surface area contributed by atoms with Crippen molar-refractivity contribution in [3.63, 3.8) is 0 Å². The zero-order valence-electron chi connectivity index (χ0n) is 11.5. The van der Waals surface area contributed by atoms with Gasteiger partial charge in [-0.25, -0.2) is 35.1 Å². The van der Waals surface area contributed by atoms with E-state index in [0.29, 0.717) is 0 Å². The molecular formula is C14H5F8NO. The summed E-state index contributed by atoms with van der Waals surface area (Å²) in [5.74, 6) is -18.8. The van der Waals surface area contributed by atoms with Crippen molar-refractivity contribution >= 4 is 11.6 Å². The van der Waals surface area contributed by atoms with Gasteiger partial charge in [-0.1, -0.05) is 0 Å². The van der Waals surface area contributed by atoms with Gasteiger partial charge in [0, 0.05) is 13.0 Å². The number of amides is 1. The largest absolute Gasteiger partial charge is 0.321 e. The highest BCUT2D eigenvalue weighted by Gasteiger charge is 2.32. The Morgan fingerprint density at radius 3 is 1.46 bits per heavy atom. The molecule has 0 aliphatic heterocycles. The second kappa shape index (κ2) is 6.10. The molecule has 1 amide bonds. The second-order valence-electron chi connectivity index (χ2n) is 4.53. The van der Waals surface area contributed by atoms with Crippen molar-refractivity contribution in [2.45, 2.75) is 6.92 Å². The average Bonchev–Trinajstić information content (AvgIpc) is 2.50. The van der Waals surface area contributed by atoms with E-state index in [2.05, 4.69) is 0 Å². The third kappa shape index (κ3) is 2.68. The molecule has 0 bridgehead atoms. The van der Waals surface area contributed by atoms with Crippen LogP contribution in [0.5, 0.6) is 0 Å². The Morgan fingerprint density at radius 2 is 1.08 bits per heavy atom. The number of hydrogen-bond acceptors (Lipinski definition) is 1. The van der Waals surface area contributed by atoms with Crippen LogP contribution < -0.4 is 5.32 Å². The molecule has 2 nitrogen and oxygen atoms in total. The number of carbonyl (C=O) groups is 1. The number of rotatable bonds is 2. The molecule has 2 aromatic carbocycles. The Morgan fingerprint density at radius 1 is 0.708 bits per heavy atom. The van der Waals surface area contributed by atoms with Gasteiger partial charge in [-0.2, -0.15) is 0 Å². The normalized spacial score (nSPS) is 10.9. The number of benzene rings is 2. The van der Waals surface area contributed by atoms with E-state index in [0.717, 1.165) is 6.92 Å². The Kier molecular flexibility index (Phi) is 4.50. The predicted molar refractivity (Wildman–Crippen MR) is 65.8 cm³/mol. The highest BCUT2D eigenvalue weighted by Crippen LogP contribution is 2.38. The standard InChI is InChI=1S/C14H5F8NO/c1-3(24)23-14-12(21)10(19)7(11(20)13(14)22)6-8(17)4(15)2-5(16)9(6)18/h2H,1H3,(H,23,24). The van der Waals surface area contributed by atoms with Gasteiger partial charge in [0.1, 0.15) is 5.69 Å². The van der Waals surface area contributed by atoms with Crippen LogP contribution in [0.3, 0.4) is 0 Å². The molecule has 128 valence electrons. The Hall–Kier alpha value is -2.65. The molecule has 0 aliphatic carbocycles. The third-order valence-electron chi connectivity index (χ3n) is 2.93. The van der Waals surface area contributed by atoms with Gasteiger partial charge in [0.05, 0.1) is 11.1 Å². The summed E-state index contributed by atoms with van der Waals surface area (Å²) in [7, 11) is 0. The molecule has 0 saturated heterocycles. The van der Waals surface area contributed by atoms with Crippen LogP contribution in [-0.4, -0.2) is 5.91 Å². The first-order valence-corrected chi connectivity index (χ1v) is 6.04. The minimum absolute atomic E-state index is 0.248. The second-order valence-corrected chi connectivity index (χ2v) is 4.53. The zero-order chi connectivity index (χ0) is 18.3. The maximum atomic E-state index is 14.0. The summed E-state index contributed by atoms with van der Waals surface area (Å²) in [6.07, 6.45) is 0. The molecule has 2 aromatic rings. The monoisotopic (exact) mass is 355 g/mol. The van der Waals surface area contributed by atoms with Gasteiger partial charge in [0.15, 0.2) is 46.5 Å². The summed E-state index contributed by atoms with van der Waals surface area (Å²) in [4.78, 5) is 10.8. The number of halogens is 8. The predicted octanol–water partition coefficient (Wildman–Crippen LogP) is 4.42. The Balaban J connectivity index is 2.91. The van der Waals surface area contributed by atoms with E-state index in [4.69, 9.17) is 0 Å². The quantitative estimate of drug-likeness (QED) is 0.627. The molecule has 0 heterocycles. The van der Waals surface area contributed by atoms with Gasteiger partial charge in [0.25, 0.3) is 0 Å². The van der Waals surface area contributed by atoms with E-state index in [1.54, 1.807) is 0 Å². The highest BCUT2D eigenvalue weighted by atomic mass is 19.2. The first-order chi connectivity index (χ1) is 11.1. The number of nitrogens with one attached hydrogen (secondary N) is 1. The van der Waals surface area contributed by atoms with Gasteiger partial charge >= 0.3 is 0 Å². The van der Waals surface area contributed by atoms with Crippen molar-refractivity contribution in [2.75, 3.05) is 5.32 Å². The summed E-state index contributed by atoms with van der Waals surface area (Å²) >= 11 is 0. The van der Waals surface area contributed by atoms with Gasteiger partial charge in [-0.3, -0.25) is 4.79 Å². The van der Waals surface area contributed by atoms with Gasteiger partial charge in [0.2, 0.25) is 5.91 Å². The minimum Gasteiger partial charge on any atom is -0.321 e. The van der Waals surface area contributed by atoms with Crippen LogP contribution in [0, 0.1) is 46.5 Å². The molecule has 0 unspecified atom stereocenters. The molecule has 10 heteroatoms. The van der Waals surface area contributed by atoms with Crippen LogP contribution in [0.2, 0.25) is 0 Å². The van der Waals surface area contributed by atoms with Gasteiger partial charge in [-0.05, 0) is 0 Å². The summed E-state index contributed by atoms with van der Waals surface area (Å²) < 4.78 is 109. The van der Waals surface area contributed by atoms with Crippen LogP contribution in [-0.2, 0) is 4.79 Å². The van der Waals surface area contributed by atoms with Crippen LogP contribution in [0.25, 0.3) is 11.1 Å². The number of hydrogen-bond donors (Lipinski definition) is 1. The molecule has 0 saturated carbocycles. The molecule has 0 aliphatic rings. The molecule has 24 heavy (non-hydrogen) atoms. The maximum absolute atomic E-state index is 14.0. The van der Waals surface area contributed by atoms with Crippen molar-refractivity contribution in [3.05, 3.63) is 52.6 Å². The lowest BCUT2D eigenvalue weighted by molar-refractivity contribution is -0.114. The van der Waals surface area contributed by atoms with E-state index in [9.17, 15) is 39.9 Å². The van der Waals surface area contributed by atoms with Crippen LogP contribution >= 0.6 is 0 Å². The molecule has 0 spiro atoms. The van der Waals surface area contributed by atoms with Crippen LogP contribution in [0.15, 0.2) is 6.07 Å². The molecule has 0 aromatic heterocycles. The lowest BCUT2D eigenvalue weighted by atomic mass is 10.0. The fourth-order valence-electron chi connectivity index (χ4n) is 1.93. The zero-order valence-corrected chi connectivity index (χ0v) is 11.5. The van der Waals surface area contributed by atoms with E-state index < -0.39 is 69.3 Å². The number of carbonyl (C=O) groups excluding carboxylic acids is 1. The van der Waals surface area contributed by atoms with Crippen molar-refractivity contribution < 1.29 is 39.9 Å². The summed E-state index contributed by atoms with van der Waals surface area (Å²) in [6, 6.07) is -0.248. The van der Waals surface area contributed by atoms with Crippen LogP contribution in [0.4, 0.5) is 40.8 Å². The van der Waals surface area contributed by atoms with Gasteiger partial charge in [-0.15, -0.1) is 0 Å². The SMILES string of the molecule is CC(=O)Nc1c(F)c(F)c(-c2c(F)c(F)cc(F)c2F)c(F)c1F. The average molecular weight is 355 g/mol. The van der Waals surface area contributed by atoms with Crippen molar-refractivity contribution in [3.8, 4) is 11.1 Å². The van der Waals surface area contributed by atoms with Crippen molar-refractivity contribution in [1.29, 1.82) is 0 Å². The first kappa shape index (κ1) is 17.7. The summed E-state index contributed by atoms with van der Waals surface area (Å²) in [5.41, 5.74) is -5.51. The van der Waals surface area contributed by atoms with Crippen molar-refractivity contribution in [2.24, 2.45) is 0 Å². The first-order valence-electron chi connectivity index (χ1n) is 6.04. The Labute approximate surface area is 128 Å². The lowest BCUT2D eigenvalue weighted by Crippen LogP contribution is -2.14. The molecule has 0 radical (unpaired) electrons. The molecule has 2 rings (SSSR count). The molecule has 0 atom stereocenters. The smallest absolute Gasteiger partial charge is 0.221 e. The summed E-state index contributed by atoms with van der Waals surface area (Å²) in [6.45, 7) is 0.768. The fourth-order valence-corrected chi connectivity index (χ4v) is 1.93. The lowest BCUT2D eigenvalue weighted by Gasteiger charge is -2.14.